The molecule has 0 aromatic heterocycles. The molecule has 0 heterocycles. The summed E-state index contributed by atoms with van der Waals surface area (Å²) < 4.78 is 0.469. The molecule has 1 aromatic carbocycles. The van der Waals surface area contributed by atoms with Gasteiger partial charge in [0.1, 0.15) is 0 Å². The number of hydrogen-bond acceptors (Lipinski definition) is 4. The molecule has 0 aliphatic rings. The number of nitro groups is 1. The Morgan fingerprint density at radius 3 is 2.94 bits per heavy atom. The van der Waals surface area contributed by atoms with E-state index in [-0.39, 0.29) is 11.6 Å². The summed E-state index contributed by atoms with van der Waals surface area (Å²) in [5.74, 6) is -0.0690. The van der Waals surface area contributed by atoms with Gasteiger partial charge in [0.05, 0.1) is 21.4 Å². The van der Waals surface area contributed by atoms with Crippen LogP contribution in [0, 0.1) is 27.4 Å². The van der Waals surface area contributed by atoms with E-state index in [1.807, 2.05) is 6.92 Å². The van der Waals surface area contributed by atoms with Crippen molar-refractivity contribution in [3.63, 3.8) is 0 Å². The third-order valence-electron chi connectivity index (χ3n) is 2.21. The van der Waals surface area contributed by atoms with Gasteiger partial charge in [-0.1, -0.05) is 6.07 Å². The second-order valence-electron chi connectivity index (χ2n) is 3.70. The average molecular weight is 298 g/mol. The number of nitrogens with zero attached hydrogens (tertiary/aromatic N) is 2. The predicted molar refractivity (Wildman–Crippen MR) is 67.3 cm³/mol. The average Bonchev–Trinajstić information content (AvgIpc) is 2.30. The number of hydrogen-bond donors (Lipinski definition) is 1. The third-order valence-corrected chi connectivity index (χ3v) is 2.88. The number of benzene rings is 1. The van der Waals surface area contributed by atoms with Gasteiger partial charge in [0, 0.05) is 19.2 Å². The SMILES string of the molecule is CC(C#N)CNCc1ccc(Br)c([N+](=O)[O-])c1. The Bertz CT molecular complexity index is 457. The maximum absolute atomic E-state index is 10.7. The molecule has 0 bridgehead atoms. The van der Waals surface area contributed by atoms with Gasteiger partial charge in [-0.25, -0.2) is 0 Å². The minimum atomic E-state index is -0.425. The van der Waals surface area contributed by atoms with E-state index in [9.17, 15) is 10.1 Å². The van der Waals surface area contributed by atoms with Gasteiger partial charge in [-0.05, 0) is 34.5 Å². The quantitative estimate of drug-likeness (QED) is 0.669. The predicted octanol–water partition coefficient (Wildman–Crippen LogP) is 2.61. The molecule has 0 radical (unpaired) electrons. The highest BCUT2D eigenvalue weighted by molar-refractivity contribution is 9.10. The van der Waals surface area contributed by atoms with Crippen molar-refractivity contribution >= 4 is 21.6 Å². The van der Waals surface area contributed by atoms with Crippen molar-refractivity contribution < 1.29 is 4.92 Å². The first-order chi connectivity index (χ1) is 8.04. The van der Waals surface area contributed by atoms with Crippen LogP contribution in [0.4, 0.5) is 5.69 Å². The lowest BCUT2D eigenvalue weighted by atomic mass is 10.2. The van der Waals surface area contributed by atoms with E-state index in [0.717, 1.165) is 5.56 Å². The summed E-state index contributed by atoms with van der Waals surface area (Å²) in [4.78, 5) is 10.3. The Kier molecular flexibility index (Phi) is 5.07. The first kappa shape index (κ1) is 13.6. The highest BCUT2D eigenvalue weighted by Crippen LogP contribution is 2.25. The van der Waals surface area contributed by atoms with Crippen molar-refractivity contribution in [2.45, 2.75) is 13.5 Å². The molecule has 5 nitrogen and oxygen atoms in total. The monoisotopic (exact) mass is 297 g/mol. The molecule has 90 valence electrons. The molecule has 0 amide bonds. The number of halogens is 1. The van der Waals surface area contributed by atoms with Gasteiger partial charge < -0.3 is 5.32 Å². The largest absolute Gasteiger partial charge is 0.311 e. The number of nitrogens with one attached hydrogen (secondary N) is 1. The molecule has 17 heavy (non-hydrogen) atoms. The van der Waals surface area contributed by atoms with Crippen molar-refractivity contribution in [1.82, 2.24) is 5.32 Å². The molecule has 0 spiro atoms. The highest BCUT2D eigenvalue weighted by Gasteiger charge is 2.12. The van der Waals surface area contributed by atoms with Gasteiger partial charge >= 0.3 is 0 Å². The third kappa shape index (κ3) is 4.13. The van der Waals surface area contributed by atoms with Gasteiger partial charge in [-0.2, -0.15) is 5.26 Å². The van der Waals surface area contributed by atoms with Crippen LogP contribution in [0.5, 0.6) is 0 Å². The maximum Gasteiger partial charge on any atom is 0.283 e. The van der Waals surface area contributed by atoms with E-state index in [4.69, 9.17) is 5.26 Å². The van der Waals surface area contributed by atoms with Crippen molar-refractivity contribution in [2.75, 3.05) is 6.54 Å². The van der Waals surface area contributed by atoms with Gasteiger partial charge in [-0.15, -0.1) is 0 Å². The first-order valence-corrected chi connectivity index (χ1v) is 5.87. The summed E-state index contributed by atoms with van der Waals surface area (Å²) in [5, 5.41) is 22.4. The van der Waals surface area contributed by atoms with Gasteiger partial charge in [0.2, 0.25) is 0 Å². The van der Waals surface area contributed by atoms with E-state index < -0.39 is 4.92 Å². The van der Waals surface area contributed by atoms with Crippen LogP contribution in [-0.2, 0) is 6.54 Å². The van der Waals surface area contributed by atoms with E-state index in [1.165, 1.54) is 6.07 Å². The summed E-state index contributed by atoms with van der Waals surface area (Å²) in [6, 6.07) is 7.10. The molecule has 0 fully saturated rings. The van der Waals surface area contributed by atoms with E-state index in [2.05, 4.69) is 27.3 Å². The summed E-state index contributed by atoms with van der Waals surface area (Å²) >= 11 is 3.13. The van der Waals surface area contributed by atoms with Gasteiger partial charge in [0.15, 0.2) is 0 Å². The van der Waals surface area contributed by atoms with Gasteiger partial charge in [0.25, 0.3) is 5.69 Å². The van der Waals surface area contributed by atoms with Crippen LogP contribution in [0.2, 0.25) is 0 Å². The summed E-state index contributed by atoms with van der Waals surface area (Å²) in [6.07, 6.45) is 0. The van der Waals surface area contributed by atoms with E-state index >= 15 is 0 Å². The molecule has 0 aliphatic heterocycles. The fourth-order valence-corrected chi connectivity index (χ4v) is 1.68. The van der Waals surface area contributed by atoms with Crippen molar-refractivity contribution in [3.8, 4) is 6.07 Å². The van der Waals surface area contributed by atoms with Crippen molar-refractivity contribution in [3.05, 3.63) is 38.3 Å². The molecular weight excluding hydrogens is 286 g/mol. The lowest BCUT2D eigenvalue weighted by molar-refractivity contribution is -0.385. The Labute approximate surface area is 108 Å². The van der Waals surface area contributed by atoms with Crippen LogP contribution in [0.25, 0.3) is 0 Å². The number of nitriles is 1. The zero-order valence-corrected chi connectivity index (χ0v) is 10.9. The van der Waals surface area contributed by atoms with Crippen LogP contribution in [0.1, 0.15) is 12.5 Å². The molecule has 0 saturated heterocycles. The Balaban J connectivity index is 2.64. The van der Waals surface area contributed by atoms with Crippen molar-refractivity contribution in [1.29, 1.82) is 5.26 Å². The topological polar surface area (TPSA) is 79.0 Å². The molecule has 1 atom stereocenters. The molecule has 0 aliphatic carbocycles. The minimum absolute atomic E-state index is 0.0534. The molecule has 1 rings (SSSR count). The molecule has 6 heteroatoms. The molecule has 1 aromatic rings. The highest BCUT2D eigenvalue weighted by atomic mass is 79.9. The lowest BCUT2D eigenvalue weighted by Crippen LogP contribution is -2.19. The number of nitro benzene ring substituents is 1. The fourth-order valence-electron chi connectivity index (χ4n) is 1.29. The smallest absolute Gasteiger partial charge is 0.283 e. The van der Waals surface area contributed by atoms with Crippen LogP contribution in [0.3, 0.4) is 0 Å². The van der Waals surface area contributed by atoms with Crippen LogP contribution >= 0.6 is 15.9 Å². The summed E-state index contributed by atoms with van der Waals surface area (Å²) in [7, 11) is 0. The fraction of sp³-hybridized carbons (Fsp3) is 0.364. The Morgan fingerprint density at radius 2 is 2.35 bits per heavy atom. The van der Waals surface area contributed by atoms with Gasteiger partial charge in [-0.3, -0.25) is 10.1 Å². The molecular formula is C11H12BrN3O2. The van der Waals surface area contributed by atoms with Crippen LogP contribution in [-0.4, -0.2) is 11.5 Å². The van der Waals surface area contributed by atoms with Crippen LogP contribution in [0.15, 0.2) is 22.7 Å². The van der Waals surface area contributed by atoms with Crippen LogP contribution < -0.4 is 5.32 Å². The zero-order chi connectivity index (χ0) is 12.8. The summed E-state index contributed by atoms with van der Waals surface area (Å²) in [5.41, 5.74) is 0.877. The minimum Gasteiger partial charge on any atom is -0.311 e. The van der Waals surface area contributed by atoms with E-state index in [1.54, 1.807) is 12.1 Å². The second kappa shape index (κ2) is 6.33. The number of rotatable bonds is 5. The normalized spacial score (nSPS) is 11.8. The second-order valence-corrected chi connectivity index (χ2v) is 4.56. The van der Waals surface area contributed by atoms with E-state index in [0.29, 0.717) is 17.6 Å². The summed E-state index contributed by atoms with van der Waals surface area (Å²) in [6.45, 7) is 2.90. The lowest BCUT2D eigenvalue weighted by Gasteiger charge is -2.06. The molecule has 1 N–H and O–H groups in total. The standard InChI is InChI=1S/C11H12BrN3O2/c1-8(5-13)6-14-7-9-2-3-10(12)11(4-9)15(16)17/h2-4,8,14H,6-7H2,1H3. The Hall–Kier alpha value is -1.45. The van der Waals surface area contributed by atoms with Crippen molar-refractivity contribution in [2.24, 2.45) is 5.92 Å². The zero-order valence-electron chi connectivity index (χ0n) is 9.31. The Morgan fingerprint density at radius 1 is 1.65 bits per heavy atom. The maximum atomic E-state index is 10.7. The first-order valence-electron chi connectivity index (χ1n) is 5.07. The molecule has 1 unspecified atom stereocenters. The molecule has 0 saturated carbocycles.